The Balaban J connectivity index is 1.11. The Bertz CT molecular complexity index is 2980. The Morgan fingerprint density at radius 1 is 0.340 bits per heavy atom. The molecule has 3 nitrogen and oxygen atoms in total. The normalized spacial score (nSPS) is 15.2. The number of fused-ring (bicyclic) bond motifs is 16. The van der Waals surface area contributed by atoms with Crippen LogP contribution in [0.2, 0.25) is 0 Å². The molecule has 1 unspecified atom stereocenters. The molecule has 0 radical (unpaired) electrons. The lowest BCUT2D eigenvalue weighted by atomic mass is 9.70. The number of benzene rings is 7. The summed E-state index contributed by atoms with van der Waals surface area (Å²) >= 11 is 0. The molecule has 1 atom stereocenters. The van der Waals surface area contributed by atoms with Crippen LogP contribution in [0.1, 0.15) is 22.3 Å². The van der Waals surface area contributed by atoms with Gasteiger partial charge in [0.1, 0.15) is 0 Å². The van der Waals surface area contributed by atoms with Crippen molar-refractivity contribution in [3.8, 4) is 44.8 Å². The minimum Gasteiger partial charge on any atom is -0.254 e. The zero-order valence-corrected chi connectivity index (χ0v) is 28.6. The Morgan fingerprint density at radius 2 is 0.830 bits per heavy atom. The van der Waals surface area contributed by atoms with Crippen LogP contribution in [0.5, 0.6) is 0 Å². The molecule has 53 heavy (non-hydrogen) atoms. The first-order valence-electron chi connectivity index (χ1n) is 18.2. The summed E-state index contributed by atoms with van der Waals surface area (Å²) in [7, 11) is 0. The first-order valence-corrected chi connectivity index (χ1v) is 18.2. The van der Waals surface area contributed by atoms with Crippen molar-refractivity contribution in [2.24, 2.45) is 0 Å². The molecule has 3 aromatic heterocycles. The van der Waals surface area contributed by atoms with Crippen molar-refractivity contribution < 1.29 is 0 Å². The second-order valence-corrected chi connectivity index (χ2v) is 14.3. The number of hydrogen-bond acceptors (Lipinski definition) is 3. The van der Waals surface area contributed by atoms with Crippen LogP contribution in [0.15, 0.2) is 176 Å². The highest BCUT2D eigenvalue weighted by Gasteiger charge is 2.51. The lowest BCUT2D eigenvalue weighted by molar-refractivity contribution is 0.794. The fourth-order valence-corrected chi connectivity index (χ4v) is 9.36. The third-order valence-electron chi connectivity index (χ3n) is 11.7. The van der Waals surface area contributed by atoms with Crippen LogP contribution in [-0.4, -0.2) is 15.0 Å². The van der Waals surface area contributed by atoms with Crippen LogP contribution in [-0.2, 0) is 5.41 Å². The van der Waals surface area contributed by atoms with E-state index in [-0.39, 0.29) is 0 Å². The van der Waals surface area contributed by atoms with E-state index >= 15 is 0 Å². The van der Waals surface area contributed by atoms with E-state index in [1.807, 2.05) is 12.3 Å². The average Bonchev–Trinajstić information content (AvgIpc) is 3.70. The SMILES string of the molecule is c1ccc2c(c1)-c1ccc(-c3ccc4ccc5ccccc5c4n3)cc1C21c2ccccc2-c2ccc(-c3ccc4ccc5cccnc5c4n3)cc21. The summed E-state index contributed by atoms with van der Waals surface area (Å²) in [5, 5.41) is 5.71. The van der Waals surface area contributed by atoms with Gasteiger partial charge in [-0.25, -0.2) is 9.97 Å². The van der Waals surface area contributed by atoms with Crippen LogP contribution in [0.4, 0.5) is 0 Å². The minimum absolute atomic E-state index is 0.501. The van der Waals surface area contributed by atoms with Crippen LogP contribution < -0.4 is 0 Å². The molecule has 0 N–H and O–H groups in total. The monoisotopic (exact) mass is 671 g/mol. The summed E-state index contributed by atoms with van der Waals surface area (Å²) in [5.41, 5.74) is 16.8. The van der Waals surface area contributed by atoms with Crippen molar-refractivity contribution in [1.29, 1.82) is 0 Å². The van der Waals surface area contributed by atoms with Gasteiger partial charge in [-0.15, -0.1) is 0 Å². The molecule has 3 heterocycles. The van der Waals surface area contributed by atoms with Crippen molar-refractivity contribution in [3.05, 3.63) is 198 Å². The van der Waals surface area contributed by atoms with Crippen molar-refractivity contribution in [3.63, 3.8) is 0 Å². The molecule has 2 aliphatic carbocycles. The molecule has 0 aliphatic heterocycles. The number of nitrogens with zero attached hydrogens (tertiary/aromatic N) is 3. The van der Waals surface area contributed by atoms with Gasteiger partial charge in [0.25, 0.3) is 0 Å². The van der Waals surface area contributed by atoms with Crippen molar-refractivity contribution >= 4 is 43.5 Å². The zero-order chi connectivity index (χ0) is 34.7. The van der Waals surface area contributed by atoms with E-state index in [9.17, 15) is 0 Å². The van der Waals surface area contributed by atoms with Gasteiger partial charge in [0, 0.05) is 38.9 Å². The Kier molecular flexibility index (Phi) is 5.70. The largest absolute Gasteiger partial charge is 0.254 e. The van der Waals surface area contributed by atoms with Gasteiger partial charge in [-0.3, -0.25) is 4.98 Å². The summed E-state index contributed by atoms with van der Waals surface area (Å²) in [5.74, 6) is 0. The van der Waals surface area contributed by atoms with E-state index in [1.165, 1.54) is 55.3 Å². The van der Waals surface area contributed by atoms with Gasteiger partial charge in [0.15, 0.2) is 0 Å². The van der Waals surface area contributed by atoms with Gasteiger partial charge >= 0.3 is 0 Å². The molecule has 1 spiro atoms. The summed E-state index contributed by atoms with van der Waals surface area (Å²) < 4.78 is 0. The first-order chi connectivity index (χ1) is 26.3. The Hall–Kier alpha value is -6.97. The molecule has 2 aliphatic rings. The van der Waals surface area contributed by atoms with E-state index in [0.717, 1.165) is 55.2 Å². The topological polar surface area (TPSA) is 38.7 Å². The smallest absolute Gasteiger partial charge is 0.0972 e. The van der Waals surface area contributed by atoms with E-state index in [2.05, 4.69) is 164 Å². The van der Waals surface area contributed by atoms with Gasteiger partial charge in [-0.2, -0.15) is 0 Å². The van der Waals surface area contributed by atoms with Crippen LogP contribution in [0, 0.1) is 0 Å². The zero-order valence-electron chi connectivity index (χ0n) is 28.6. The molecule has 244 valence electrons. The lowest BCUT2D eigenvalue weighted by Gasteiger charge is -2.31. The van der Waals surface area contributed by atoms with Crippen molar-refractivity contribution in [1.82, 2.24) is 15.0 Å². The second-order valence-electron chi connectivity index (χ2n) is 14.3. The lowest BCUT2D eigenvalue weighted by Crippen LogP contribution is -2.26. The molecule has 0 bridgehead atoms. The summed E-state index contributed by atoms with van der Waals surface area (Å²) in [6.07, 6.45) is 1.85. The first kappa shape index (κ1) is 28.7. The molecular formula is C50H29N3. The van der Waals surface area contributed by atoms with E-state index in [1.54, 1.807) is 0 Å². The quantitative estimate of drug-likeness (QED) is 0.172. The fraction of sp³-hybridized carbons (Fsp3) is 0.0200. The molecule has 0 saturated carbocycles. The number of pyridine rings is 3. The number of hydrogen-bond donors (Lipinski definition) is 0. The molecule has 7 aromatic carbocycles. The highest BCUT2D eigenvalue weighted by atomic mass is 14.8. The molecule has 0 saturated heterocycles. The number of rotatable bonds is 2. The maximum atomic E-state index is 5.34. The highest BCUT2D eigenvalue weighted by Crippen LogP contribution is 2.63. The third-order valence-corrected chi connectivity index (χ3v) is 11.7. The second kappa shape index (κ2) is 10.5. The maximum Gasteiger partial charge on any atom is 0.0972 e. The molecular weight excluding hydrogens is 643 g/mol. The maximum absolute atomic E-state index is 5.34. The Labute approximate surface area is 305 Å². The molecule has 0 fully saturated rings. The van der Waals surface area contributed by atoms with Gasteiger partial charge in [-0.05, 0) is 80.2 Å². The summed E-state index contributed by atoms with van der Waals surface area (Å²) in [4.78, 5) is 15.4. The highest BCUT2D eigenvalue weighted by molar-refractivity contribution is 6.06. The van der Waals surface area contributed by atoms with E-state index in [4.69, 9.17) is 15.0 Å². The predicted octanol–water partition coefficient (Wildman–Crippen LogP) is 12.2. The minimum atomic E-state index is -0.501. The third kappa shape index (κ3) is 3.86. The molecule has 12 rings (SSSR count). The molecule has 10 aromatic rings. The van der Waals surface area contributed by atoms with Gasteiger partial charge in [0.05, 0.1) is 33.4 Å². The fourth-order valence-electron chi connectivity index (χ4n) is 9.36. The van der Waals surface area contributed by atoms with Gasteiger partial charge < -0.3 is 0 Å². The predicted molar refractivity (Wildman–Crippen MR) is 217 cm³/mol. The summed E-state index contributed by atoms with van der Waals surface area (Å²) in [6.45, 7) is 0. The molecule has 0 amide bonds. The average molecular weight is 672 g/mol. The van der Waals surface area contributed by atoms with Crippen molar-refractivity contribution in [2.45, 2.75) is 5.41 Å². The van der Waals surface area contributed by atoms with Crippen molar-refractivity contribution in [2.75, 3.05) is 0 Å². The summed E-state index contributed by atoms with van der Waals surface area (Å²) in [6, 6.07) is 61.9. The van der Waals surface area contributed by atoms with Crippen LogP contribution >= 0.6 is 0 Å². The Morgan fingerprint density at radius 3 is 1.51 bits per heavy atom. The van der Waals surface area contributed by atoms with E-state index < -0.39 is 5.41 Å². The van der Waals surface area contributed by atoms with Gasteiger partial charge in [0.2, 0.25) is 0 Å². The standard InChI is InChI=1S/C50H29N3/c1-2-10-36-30(8-1)15-16-32-21-25-45(52-47(32)36)34-19-23-39-37-11-3-5-13-41(37)50(43(39)28-34)42-14-6-4-12-38(42)40-24-20-35(29-44(40)50)46-26-22-33-18-17-31-9-7-27-51-48(31)49(33)53-46/h1-29H. The number of aromatic nitrogens is 3. The van der Waals surface area contributed by atoms with Gasteiger partial charge in [-0.1, -0.05) is 140 Å². The van der Waals surface area contributed by atoms with Crippen LogP contribution in [0.25, 0.3) is 88.2 Å². The van der Waals surface area contributed by atoms with E-state index in [0.29, 0.717) is 0 Å². The molecule has 3 heteroatoms. The van der Waals surface area contributed by atoms with Crippen LogP contribution in [0.3, 0.4) is 0 Å².